The van der Waals surface area contributed by atoms with Crippen molar-refractivity contribution in [2.75, 3.05) is 18.4 Å². The molecule has 1 saturated heterocycles. The number of fused-ring (bicyclic) bond motifs is 5. The van der Waals surface area contributed by atoms with Crippen molar-refractivity contribution in [2.45, 2.75) is 6.42 Å². The van der Waals surface area contributed by atoms with Crippen molar-refractivity contribution in [3.05, 3.63) is 17.7 Å². The van der Waals surface area contributed by atoms with Crippen LogP contribution >= 0.6 is 11.3 Å². The molecule has 23 heavy (non-hydrogen) atoms. The summed E-state index contributed by atoms with van der Waals surface area (Å²) in [5, 5.41) is 12.9. The van der Waals surface area contributed by atoms with Gasteiger partial charge in [-0.2, -0.15) is 0 Å². The summed E-state index contributed by atoms with van der Waals surface area (Å²) in [7, 11) is 0. The van der Waals surface area contributed by atoms with Crippen LogP contribution in [0, 0.1) is 23.7 Å². The standard InChI is InChI=1S/C14H15N5O3S/c20-11-9-7-1-2-8(5-7)10(9)12(21)19(11)4-3-15-13(22)17-14-18-16-6-23-14/h1-2,6-10H,3-5H2,(H2,15,17,18,22). The minimum atomic E-state index is -0.428. The normalized spacial score (nSPS) is 30.9. The number of allylic oxidation sites excluding steroid dienone is 2. The minimum Gasteiger partial charge on any atom is -0.336 e. The lowest BCUT2D eigenvalue weighted by atomic mass is 9.85. The Morgan fingerprint density at radius 3 is 2.57 bits per heavy atom. The van der Waals surface area contributed by atoms with Crippen molar-refractivity contribution in [2.24, 2.45) is 23.7 Å². The van der Waals surface area contributed by atoms with Crippen LogP contribution in [-0.2, 0) is 9.59 Å². The maximum absolute atomic E-state index is 12.4. The minimum absolute atomic E-state index is 0.0943. The Bertz CT molecular complexity index is 659. The van der Waals surface area contributed by atoms with Gasteiger partial charge in [0.05, 0.1) is 11.8 Å². The Hall–Kier alpha value is -2.29. The topological polar surface area (TPSA) is 104 Å². The summed E-state index contributed by atoms with van der Waals surface area (Å²) in [4.78, 5) is 37.9. The van der Waals surface area contributed by atoms with Crippen LogP contribution in [0.25, 0.3) is 0 Å². The number of carbonyl (C=O) groups is 3. The number of nitrogens with one attached hydrogen (secondary N) is 2. The quantitative estimate of drug-likeness (QED) is 0.615. The lowest BCUT2D eigenvalue weighted by Crippen LogP contribution is -2.40. The van der Waals surface area contributed by atoms with Gasteiger partial charge in [0.1, 0.15) is 5.51 Å². The number of carbonyl (C=O) groups excluding carboxylic acids is 3. The molecule has 0 spiro atoms. The van der Waals surface area contributed by atoms with E-state index in [9.17, 15) is 14.4 Å². The largest absolute Gasteiger partial charge is 0.336 e. The van der Waals surface area contributed by atoms with Gasteiger partial charge in [-0.3, -0.25) is 19.8 Å². The first-order chi connectivity index (χ1) is 11.1. The molecular weight excluding hydrogens is 318 g/mol. The number of nitrogens with zero attached hydrogens (tertiary/aromatic N) is 3. The summed E-state index contributed by atoms with van der Waals surface area (Å²) in [6.07, 6.45) is 5.05. The Labute approximate surface area is 135 Å². The number of hydrogen-bond donors (Lipinski definition) is 2. The molecule has 4 atom stereocenters. The SMILES string of the molecule is O=C(NCCN1C(=O)C2C3C=CC(C3)C2C1=O)Nc1nncs1. The molecule has 2 N–H and O–H groups in total. The van der Waals surface area contributed by atoms with E-state index in [4.69, 9.17) is 0 Å². The van der Waals surface area contributed by atoms with E-state index in [0.717, 1.165) is 6.42 Å². The van der Waals surface area contributed by atoms with E-state index in [0.29, 0.717) is 5.13 Å². The highest BCUT2D eigenvalue weighted by molar-refractivity contribution is 7.13. The predicted octanol–water partition coefficient (Wildman–Crippen LogP) is 0.467. The lowest BCUT2D eigenvalue weighted by molar-refractivity contribution is -0.140. The summed E-state index contributed by atoms with van der Waals surface area (Å²) in [6.45, 7) is 0.415. The molecule has 4 unspecified atom stereocenters. The number of aromatic nitrogens is 2. The first-order valence-corrected chi connectivity index (χ1v) is 8.37. The number of imide groups is 1. The van der Waals surface area contributed by atoms with Crippen LogP contribution in [-0.4, -0.2) is 46.0 Å². The molecule has 0 aromatic carbocycles. The van der Waals surface area contributed by atoms with Gasteiger partial charge in [-0.15, -0.1) is 10.2 Å². The second kappa shape index (κ2) is 5.41. The fraction of sp³-hybridized carbons (Fsp3) is 0.500. The van der Waals surface area contributed by atoms with E-state index in [1.807, 2.05) is 0 Å². The second-order valence-corrected chi connectivity index (χ2v) is 6.79. The Kier molecular flexibility index (Phi) is 3.37. The fourth-order valence-electron chi connectivity index (χ4n) is 3.83. The zero-order valence-corrected chi connectivity index (χ0v) is 13.0. The highest BCUT2D eigenvalue weighted by Gasteiger charge is 2.58. The van der Waals surface area contributed by atoms with E-state index in [2.05, 4.69) is 33.0 Å². The molecule has 2 fully saturated rings. The molecule has 4 amide bonds. The lowest BCUT2D eigenvalue weighted by Gasteiger charge is -2.17. The van der Waals surface area contributed by atoms with Crippen molar-refractivity contribution in [1.82, 2.24) is 20.4 Å². The predicted molar refractivity (Wildman–Crippen MR) is 81.4 cm³/mol. The van der Waals surface area contributed by atoms with Crippen LogP contribution in [0.2, 0.25) is 0 Å². The van der Waals surface area contributed by atoms with Gasteiger partial charge >= 0.3 is 6.03 Å². The maximum Gasteiger partial charge on any atom is 0.321 e. The Morgan fingerprint density at radius 1 is 1.26 bits per heavy atom. The van der Waals surface area contributed by atoms with Gasteiger partial charge in [0.25, 0.3) is 0 Å². The summed E-state index contributed by atoms with van der Waals surface area (Å²) >= 11 is 1.21. The van der Waals surface area contributed by atoms with Crippen LogP contribution in [0.1, 0.15) is 6.42 Å². The van der Waals surface area contributed by atoms with Crippen LogP contribution < -0.4 is 10.6 Å². The molecule has 4 rings (SSSR count). The first-order valence-electron chi connectivity index (χ1n) is 7.49. The van der Waals surface area contributed by atoms with Crippen LogP contribution in [0.4, 0.5) is 9.93 Å². The molecule has 2 aliphatic carbocycles. The molecular formula is C14H15N5O3S. The average molecular weight is 333 g/mol. The molecule has 1 aromatic rings. The molecule has 9 heteroatoms. The van der Waals surface area contributed by atoms with E-state index in [-0.39, 0.29) is 48.6 Å². The molecule has 1 aliphatic heterocycles. The molecule has 1 saturated carbocycles. The van der Waals surface area contributed by atoms with Gasteiger partial charge < -0.3 is 5.32 Å². The van der Waals surface area contributed by atoms with Gasteiger partial charge in [-0.1, -0.05) is 23.5 Å². The number of hydrogen-bond acceptors (Lipinski definition) is 6. The van der Waals surface area contributed by atoms with Gasteiger partial charge in [0, 0.05) is 13.1 Å². The third-order valence-corrected chi connectivity index (χ3v) is 5.37. The smallest absolute Gasteiger partial charge is 0.321 e. The Balaban J connectivity index is 1.31. The fourth-order valence-corrected chi connectivity index (χ4v) is 4.27. The number of amides is 4. The number of urea groups is 1. The van der Waals surface area contributed by atoms with Gasteiger partial charge in [0.2, 0.25) is 16.9 Å². The summed E-state index contributed by atoms with van der Waals surface area (Å²) in [6, 6.07) is -0.428. The monoisotopic (exact) mass is 333 g/mol. The van der Waals surface area contributed by atoms with Crippen LogP contribution in [0.3, 0.4) is 0 Å². The molecule has 1 aromatic heterocycles. The van der Waals surface area contributed by atoms with Crippen molar-refractivity contribution in [1.29, 1.82) is 0 Å². The van der Waals surface area contributed by atoms with Gasteiger partial charge in [0.15, 0.2) is 0 Å². The highest BCUT2D eigenvalue weighted by atomic mass is 32.1. The number of anilines is 1. The summed E-state index contributed by atoms with van der Waals surface area (Å²) < 4.78 is 0. The first kappa shape index (κ1) is 14.3. The average Bonchev–Trinajstić information content (AvgIpc) is 3.28. The van der Waals surface area contributed by atoms with Crippen molar-refractivity contribution in [3.63, 3.8) is 0 Å². The van der Waals surface area contributed by atoms with Gasteiger partial charge in [-0.05, 0) is 18.3 Å². The van der Waals surface area contributed by atoms with Crippen molar-refractivity contribution >= 4 is 34.3 Å². The van der Waals surface area contributed by atoms with Crippen LogP contribution in [0.15, 0.2) is 17.7 Å². The van der Waals surface area contributed by atoms with E-state index in [1.54, 1.807) is 0 Å². The number of rotatable bonds is 4. The zero-order chi connectivity index (χ0) is 16.0. The third kappa shape index (κ3) is 2.31. The third-order valence-electron chi connectivity index (χ3n) is 4.76. The summed E-state index contributed by atoms with van der Waals surface area (Å²) in [5.74, 6) is -0.146. The summed E-state index contributed by atoms with van der Waals surface area (Å²) in [5.41, 5.74) is 1.51. The second-order valence-electron chi connectivity index (χ2n) is 5.95. The van der Waals surface area contributed by atoms with Crippen molar-refractivity contribution in [3.8, 4) is 0 Å². The molecule has 2 heterocycles. The van der Waals surface area contributed by atoms with Crippen molar-refractivity contribution < 1.29 is 14.4 Å². The van der Waals surface area contributed by atoms with E-state index >= 15 is 0 Å². The highest BCUT2D eigenvalue weighted by Crippen LogP contribution is 2.52. The number of likely N-dealkylation sites (tertiary alicyclic amines) is 1. The molecule has 8 nitrogen and oxygen atoms in total. The van der Waals surface area contributed by atoms with E-state index in [1.165, 1.54) is 21.7 Å². The van der Waals surface area contributed by atoms with Crippen LogP contribution in [0.5, 0.6) is 0 Å². The maximum atomic E-state index is 12.4. The molecule has 2 bridgehead atoms. The molecule has 3 aliphatic rings. The zero-order valence-electron chi connectivity index (χ0n) is 12.1. The van der Waals surface area contributed by atoms with E-state index < -0.39 is 6.03 Å². The molecule has 120 valence electrons. The molecule has 0 radical (unpaired) electrons. The van der Waals surface area contributed by atoms with Gasteiger partial charge in [-0.25, -0.2) is 4.79 Å². The Morgan fingerprint density at radius 2 is 1.96 bits per heavy atom.